The minimum atomic E-state index is 0. The number of hydrogen-bond donors (Lipinski definition) is 0. The predicted octanol–water partition coefficient (Wildman–Crippen LogP) is -1.49. The van der Waals surface area contributed by atoms with Crippen molar-refractivity contribution >= 4 is 0 Å². The summed E-state index contributed by atoms with van der Waals surface area (Å²) in [5.41, 5.74) is 2.56. The van der Waals surface area contributed by atoms with Crippen LogP contribution >= 0.6 is 0 Å². The summed E-state index contributed by atoms with van der Waals surface area (Å²) in [6.45, 7) is 7.26. The Balaban J connectivity index is -0.000000233. The van der Waals surface area contributed by atoms with Crippen LogP contribution in [0.5, 0.6) is 0 Å². The second-order valence-corrected chi connectivity index (χ2v) is 3.60. The van der Waals surface area contributed by atoms with E-state index >= 15 is 0 Å². The van der Waals surface area contributed by atoms with Gasteiger partial charge in [-0.1, -0.05) is 12.2 Å². The molecule has 0 saturated carbocycles. The quantitative estimate of drug-likeness (QED) is 0.292. The van der Waals surface area contributed by atoms with Gasteiger partial charge in [-0.25, -0.2) is 23.3 Å². The molecule has 0 aromatic heterocycles. The average molecular weight is 427 g/mol. The summed E-state index contributed by atoms with van der Waals surface area (Å²) in [4.78, 5) is 0. The smallest absolute Gasteiger partial charge is 1.00 e. The molecule has 0 aliphatic heterocycles. The SMILES string of the molecule is C=CCC1=[C-]CC=C1.C=CCC1=[C-]CC=C1.[F-].[F-].[Hf+4]. The summed E-state index contributed by atoms with van der Waals surface area (Å²) < 4.78 is 0. The molecule has 0 unspecified atom stereocenters. The van der Waals surface area contributed by atoms with Crippen LogP contribution in [-0.2, 0) is 25.8 Å². The third kappa shape index (κ3) is 10.8. The number of allylic oxidation sites excluding steroid dienone is 10. The molecule has 0 fully saturated rings. The molecule has 19 heavy (non-hydrogen) atoms. The zero-order valence-electron chi connectivity index (χ0n) is 11.0. The van der Waals surface area contributed by atoms with Gasteiger partial charge < -0.3 is 9.41 Å². The average Bonchev–Trinajstić information content (AvgIpc) is 2.92. The van der Waals surface area contributed by atoms with E-state index in [1.807, 2.05) is 12.2 Å². The van der Waals surface area contributed by atoms with Crippen LogP contribution in [0.4, 0.5) is 0 Å². The van der Waals surface area contributed by atoms with Gasteiger partial charge in [0, 0.05) is 0 Å². The summed E-state index contributed by atoms with van der Waals surface area (Å²) in [5, 5.41) is 0. The molecule has 100 valence electrons. The van der Waals surface area contributed by atoms with E-state index in [0.29, 0.717) is 0 Å². The number of halogens is 2. The van der Waals surface area contributed by atoms with E-state index in [1.54, 1.807) is 0 Å². The molecule has 0 aromatic carbocycles. The van der Waals surface area contributed by atoms with E-state index in [-0.39, 0.29) is 35.3 Å². The molecule has 0 nitrogen and oxygen atoms in total. The number of rotatable bonds is 4. The third-order valence-electron chi connectivity index (χ3n) is 2.26. The van der Waals surface area contributed by atoms with Crippen molar-refractivity contribution in [2.24, 2.45) is 0 Å². The van der Waals surface area contributed by atoms with E-state index in [9.17, 15) is 0 Å². The molecule has 0 spiro atoms. The van der Waals surface area contributed by atoms with Crippen LogP contribution in [0, 0.1) is 12.2 Å². The first-order valence-corrected chi connectivity index (χ1v) is 5.61. The molecule has 2 rings (SSSR count). The Morgan fingerprint density at radius 2 is 1.26 bits per heavy atom. The largest absolute Gasteiger partial charge is 4.00 e. The van der Waals surface area contributed by atoms with Crippen LogP contribution in [0.15, 0.2) is 60.8 Å². The monoisotopic (exact) mass is 428 g/mol. The topological polar surface area (TPSA) is 0 Å². The van der Waals surface area contributed by atoms with Gasteiger partial charge in [0.25, 0.3) is 0 Å². The number of hydrogen-bond acceptors (Lipinski definition) is 0. The first-order valence-electron chi connectivity index (χ1n) is 5.61. The van der Waals surface area contributed by atoms with Gasteiger partial charge in [0.1, 0.15) is 0 Å². The fourth-order valence-corrected chi connectivity index (χ4v) is 1.49. The van der Waals surface area contributed by atoms with Gasteiger partial charge in [0.2, 0.25) is 0 Å². The van der Waals surface area contributed by atoms with E-state index in [0.717, 1.165) is 25.7 Å². The minimum Gasteiger partial charge on any atom is -1.00 e. The fraction of sp³-hybridized carbons (Fsp3) is 0.250. The third-order valence-corrected chi connectivity index (χ3v) is 2.26. The predicted molar refractivity (Wildman–Crippen MR) is 70.7 cm³/mol. The molecule has 0 N–H and O–H groups in total. The first-order chi connectivity index (χ1) is 7.86. The normalized spacial score (nSPS) is 13.7. The van der Waals surface area contributed by atoms with Crippen molar-refractivity contribution in [3.8, 4) is 0 Å². The van der Waals surface area contributed by atoms with Gasteiger partial charge in [-0.3, -0.25) is 12.2 Å². The Bertz CT molecular complexity index is 327. The van der Waals surface area contributed by atoms with Crippen molar-refractivity contribution in [1.29, 1.82) is 0 Å². The molecular weight excluding hydrogens is 409 g/mol. The summed E-state index contributed by atoms with van der Waals surface area (Å²) >= 11 is 0. The van der Waals surface area contributed by atoms with Gasteiger partial charge in [-0.15, -0.1) is 26.0 Å². The molecule has 2 aliphatic carbocycles. The maximum Gasteiger partial charge on any atom is 4.00 e. The van der Waals surface area contributed by atoms with Crippen molar-refractivity contribution in [3.05, 3.63) is 72.9 Å². The summed E-state index contributed by atoms with van der Waals surface area (Å²) in [5.74, 6) is 0. The van der Waals surface area contributed by atoms with Crippen LogP contribution in [0.25, 0.3) is 0 Å². The summed E-state index contributed by atoms with van der Waals surface area (Å²) in [6.07, 6.45) is 22.5. The van der Waals surface area contributed by atoms with E-state index in [1.165, 1.54) is 11.1 Å². The van der Waals surface area contributed by atoms with E-state index < -0.39 is 0 Å². The molecule has 0 bridgehead atoms. The Hall–Kier alpha value is -0.830. The van der Waals surface area contributed by atoms with Crippen molar-refractivity contribution in [2.45, 2.75) is 25.7 Å². The molecule has 3 heteroatoms. The van der Waals surface area contributed by atoms with Crippen LogP contribution in [-0.4, -0.2) is 0 Å². The van der Waals surface area contributed by atoms with Crippen molar-refractivity contribution < 1.29 is 35.3 Å². The van der Waals surface area contributed by atoms with Crippen LogP contribution in [0.1, 0.15) is 25.7 Å². The summed E-state index contributed by atoms with van der Waals surface area (Å²) in [6, 6.07) is 0. The van der Waals surface area contributed by atoms with E-state index in [2.05, 4.69) is 49.6 Å². The fourth-order valence-electron chi connectivity index (χ4n) is 1.49. The van der Waals surface area contributed by atoms with Gasteiger partial charge in [-0.05, 0) is 12.8 Å². The Morgan fingerprint density at radius 3 is 1.47 bits per heavy atom. The van der Waals surface area contributed by atoms with Gasteiger partial charge in [0.15, 0.2) is 0 Å². The Kier molecular flexibility index (Phi) is 18.7. The van der Waals surface area contributed by atoms with Crippen molar-refractivity contribution in [3.63, 3.8) is 0 Å². The molecular formula is C16H18F2Hf. The molecule has 0 amide bonds. The maximum atomic E-state index is 3.63. The van der Waals surface area contributed by atoms with Crippen molar-refractivity contribution in [2.75, 3.05) is 0 Å². The van der Waals surface area contributed by atoms with Gasteiger partial charge in [0.05, 0.1) is 0 Å². The molecule has 0 saturated heterocycles. The first kappa shape index (κ1) is 23.3. The van der Waals surface area contributed by atoms with Crippen molar-refractivity contribution in [1.82, 2.24) is 0 Å². The minimum absolute atomic E-state index is 0. The zero-order chi connectivity index (χ0) is 11.6. The Morgan fingerprint density at radius 1 is 0.895 bits per heavy atom. The van der Waals surface area contributed by atoms with Crippen LogP contribution in [0.3, 0.4) is 0 Å². The van der Waals surface area contributed by atoms with E-state index in [4.69, 9.17) is 0 Å². The maximum absolute atomic E-state index is 3.63. The second kappa shape index (κ2) is 15.2. The molecule has 2 aliphatic rings. The Labute approximate surface area is 133 Å². The summed E-state index contributed by atoms with van der Waals surface area (Å²) in [7, 11) is 0. The molecule has 0 radical (unpaired) electrons. The molecule has 0 atom stereocenters. The van der Waals surface area contributed by atoms with Gasteiger partial charge >= 0.3 is 25.8 Å². The van der Waals surface area contributed by atoms with Gasteiger partial charge in [-0.2, -0.15) is 12.2 Å². The zero-order valence-corrected chi connectivity index (χ0v) is 14.6. The molecule has 0 heterocycles. The van der Waals surface area contributed by atoms with Crippen LogP contribution in [0.2, 0.25) is 0 Å². The second-order valence-electron chi connectivity index (χ2n) is 3.60. The standard InChI is InChI=1S/2C8H9.2FH.Hf/c2*1-2-5-8-6-3-4-7-8;;;/h2*2-3,6H,1,4-5H2;2*1H;/q2*-1;;;+4/p-2. The van der Waals surface area contributed by atoms with Crippen LogP contribution < -0.4 is 9.41 Å². The molecule has 0 aromatic rings.